The number of carbonyl (C=O) groups is 2. The number of benzene rings is 4. The fourth-order valence-corrected chi connectivity index (χ4v) is 12.2. The third-order valence-electron chi connectivity index (χ3n) is 15.8. The Labute approximate surface area is 388 Å². The van der Waals surface area contributed by atoms with Gasteiger partial charge in [0.1, 0.15) is 11.5 Å². The van der Waals surface area contributed by atoms with E-state index < -0.39 is 0 Å². The zero-order valence-corrected chi connectivity index (χ0v) is 39.3. The minimum absolute atomic E-state index is 0.0211. The molecule has 4 aromatic rings. The van der Waals surface area contributed by atoms with Crippen LogP contribution in [0.25, 0.3) is 21.5 Å². The van der Waals surface area contributed by atoms with Gasteiger partial charge in [-0.1, -0.05) is 74.9 Å². The molecule has 6 fully saturated rings. The van der Waals surface area contributed by atoms with E-state index in [-0.39, 0.29) is 29.9 Å². The van der Waals surface area contributed by atoms with Gasteiger partial charge in [0.25, 0.3) is 0 Å². The minimum atomic E-state index is -0.0438. The van der Waals surface area contributed by atoms with Crippen molar-refractivity contribution in [2.45, 2.75) is 142 Å². The summed E-state index contributed by atoms with van der Waals surface area (Å²) in [5.74, 6) is 5.15. The maximum absolute atomic E-state index is 12.0. The minimum Gasteiger partial charge on any atom is -0.508 e. The molecule has 6 atom stereocenters. The quantitative estimate of drug-likeness (QED) is 0.150. The summed E-state index contributed by atoms with van der Waals surface area (Å²) in [6.45, 7) is 10.3. The van der Waals surface area contributed by atoms with Crippen LogP contribution < -0.4 is 4.74 Å². The standard InChI is InChI=1S/C28H37NO3.C19H23NO3.C9H16O/c1-2-31-28(30)22-12-14-29(15-13-22)19-20-6-7-25-18-27(11-9-24(25)16-20)32-26-10-8-21-4-3-5-23(21)17-26;1-2-23-19(22)15-7-9-20(10-8-15)13-14-3-4-17-12-18(21)6-5-16(17)11-14;10-9-5-4-7-2-1-3-8(7)6-9/h6-7,9,11,16,18,21-23,26H,2-5,8,10,12-15,17,19H2,1H3;3-6,11-12,15,21H,2,7-10,13H2,1H3;7-10H,1-6H2. The summed E-state index contributed by atoms with van der Waals surface area (Å²) >= 11 is 0. The first kappa shape index (κ1) is 47.3. The van der Waals surface area contributed by atoms with Crippen molar-refractivity contribution >= 4 is 33.5 Å². The summed E-state index contributed by atoms with van der Waals surface area (Å²) in [5, 5.41) is 23.6. The first-order valence-corrected chi connectivity index (χ1v) is 25.6. The summed E-state index contributed by atoms with van der Waals surface area (Å²) < 4.78 is 16.7. The number of rotatable bonds is 10. The highest BCUT2D eigenvalue weighted by Gasteiger charge is 2.35. The number of ether oxygens (including phenoxy) is 3. The molecule has 9 heteroatoms. The molecule has 2 saturated heterocycles. The van der Waals surface area contributed by atoms with E-state index in [1.165, 1.54) is 86.1 Å². The van der Waals surface area contributed by atoms with Gasteiger partial charge in [-0.05, 0) is 197 Å². The van der Waals surface area contributed by atoms with E-state index in [0.717, 1.165) is 118 Å². The van der Waals surface area contributed by atoms with Crippen molar-refractivity contribution in [3.05, 3.63) is 83.9 Å². The fourth-order valence-electron chi connectivity index (χ4n) is 12.2. The molecule has 4 aliphatic carbocycles. The van der Waals surface area contributed by atoms with Gasteiger partial charge in [-0.15, -0.1) is 0 Å². The topological polar surface area (TPSA) is 109 Å². The lowest BCUT2D eigenvalue weighted by atomic mass is 9.80. The van der Waals surface area contributed by atoms with E-state index in [9.17, 15) is 19.8 Å². The highest BCUT2D eigenvalue weighted by atomic mass is 16.5. The van der Waals surface area contributed by atoms with Crippen molar-refractivity contribution in [3.63, 3.8) is 0 Å². The van der Waals surface area contributed by atoms with Crippen LogP contribution in [0, 0.1) is 35.5 Å². The Hall–Kier alpha value is -4.18. The molecular weight excluding hydrogens is 813 g/mol. The monoisotopic (exact) mass is 889 g/mol. The molecule has 2 heterocycles. The van der Waals surface area contributed by atoms with Gasteiger partial charge in [-0.2, -0.15) is 0 Å². The third kappa shape index (κ3) is 13.0. The number of hydrogen-bond donors (Lipinski definition) is 2. The van der Waals surface area contributed by atoms with Crippen molar-refractivity contribution < 1.29 is 34.0 Å². The van der Waals surface area contributed by atoms with Gasteiger partial charge < -0.3 is 24.4 Å². The molecule has 9 nitrogen and oxygen atoms in total. The van der Waals surface area contributed by atoms with E-state index in [2.05, 4.69) is 64.4 Å². The smallest absolute Gasteiger partial charge is 0.309 e. The van der Waals surface area contributed by atoms with Crippen molar-refractivity contribution in [3.8, 4) is 11.5 Å². The highest BCUT2D eigenvalue weighted by Crippen LogP contribution is 2.44. The number of piperidine rings is 2. The van der Waals surface area contributed by atoms with Crippen LogP contribution in [0.3, 0.4) is 0 Å². The number of phenols is 1. The number of likely N-dealkylation sites (tertiary alicyclic amines) is 2. The van der Waals surface area contributed by atoms with Crippen LogP contribution in [-0.4, -0.2) is 83.6 Å². The van der Waals surface area contributed by atoms with Crippen LogP contribution >= 0.6 is 0 Å². The number of aliphatic hydroxyl groups is 1. The zero-order chi connectivity index (χ0) is 45.1. The summed E-state index contributed by atoms with van der Waals surface area (Å²) in [6, 6.07) is 25.1. The molecule has 0 bridgehead atoms. The van der Waals surface area contributed by atoms with Crippen LogP contribution in [0.5, 0.6) is 11.5 Å². The molecule has 352 valence electrons. The lowest BCUT2D eigenvalue weighted by Crippen LogP contribution is -2.36. The second-order valence-corrected chi connectivity index (χ2v) is 20.2. The SMILES string of the molecule is CCOC(=O)C1CCN(Cc2ccc3cc(O)ccc3c2)CC1.CCOC(=O)C1CCN(Cc2ccc3cc(OC4CCC5CCCC5C4)ccc3c2)CC1.OC1CCC2CCCC2C1. The first-order valence-electron chi connectivity index (χ1n) is 25.6. The molecule has 4 aromatic carbocycles. The molecule has 2 N–H and O–H groups in total. The largest absolute Gasteiger partial charge is 0.508 e. The number of aliphatic hydroxyl groups excluding tert-OH is 1. The Kier molecular flexibility index (Phi) is 16.8. The first-order chi connectivity index (χ1) is 31.7. The lowest BCUT2D eigenvalue weighted by Gasteiger charge is -2.32. The summed E-state index contributed by atoms with van der Waals surface area (Å²) in [7, 11) is 0. The van der Waals surface area contributed by atoms with Crippen molar-refractivity contribution in [2.75, 3.05) is 39.4 Å². The van der Waals surface area contributed by atoms with E-state index in [1.54, 1.807) is 12.1 Å². The molecule has 0 spiro atoms. The fraction of sp³-hybridized carbons (Fsp3) is 0.607. The van der Waals surface area contributed by atoms with Crippen LogP contribution in [0.1, 0.15) is 128 Å². The van der Waals surface area contributed by atoms with E-state index in [4.69, 9.17) is 14.2 Å². The average Bonchev–Trinajstić information content (AvgIpc) is 4.00. The van der Waals surface area contributed by atoms with Gasteiger partial charge in [0.15, 0.2) is 0 Å². The molecular formula is C56H76N2O7. The van der Waals surface area contributed by atoms with Gasteiger partial charge in [0.2, 0.25) is 0 Å². The number of nitrogens with zero attached hydrogens (tertiary/aromatic N) is 2. The Morgan fingerprint density at radius 3 is 1.58 bits per heavy atom. The van der Waals surface area contributed by atoms with E-state index >= 15 is 0 Å². The summed E-state index contributed by atoms with van der Waals surface area (Å²) in [5.41, 5.74) is 2.60. The van der Waals surface area contributed by atoms with Crippen LogP contribution in [-0.2, 0) is 32.2 Å². The highest BCUT2D eigenvalue weighted by molar-refractivity contribution is 5.85. The van der Waals surface area contributed by atoms with Crippen molar-refractivity contribution in [2.24, 2.45) is 35.5 Å². The maximum atomic E-state index is 12.0. The number of fused-ring (bicyclic) bond motifs is 4. The van der Waals surface area contributed by atoms with E-state index in [0.29, 0.717) is 25.1 Å². The third-order valence-corrected chi connectivity index (χ3v) is 15.8. The molecule has 10 rings (SSSR count). The summed E-state index contributed by atoms with van der Waals surface area (Å²) in [4.78, 5) is 28.6. The van der Waals surface area contributed by atoms with Gasteiger partial charge in [-0.3, -0.25) is 19.4 Å². The Morgan fingerprint density at radius 2 is 1.02 bits per heavy atom. The number of carbonyl (C=O) groups excluding carboxylic acids is 2. The predicted molar refractivity (Wildman–Crippen MR) is 259 cm³/mol. The lowest BCUT2D eigenvalue weighted by molar-refractivity contribution is -0.150. The van der Waals surface area contributed by atoms with E-state index in [1.807, 2.05) is 19.9 Å². The second-order valence-electron chi connectivity index (χ2n) is 20.2. The molecule has 0 aromatic heterocycles. The number of aromatic hydroxyl groups is 1. The molecule has 0 amide bonds. The van der Waals surface area contributed by atoms with Crippen molar-refractivity contribution in [1.29, 1.82) is 0 Å². The molecule has 0 radical (unpaired) electrons. The molecule has 6 unspecified atom stereocenters. The van der Waals surface area contributed by atoms with Gasteiger partial charge in [-0.25, -0.2) is 0 Å². The normalized spacial score (nSPS) is 26.3. The second kappa shape index (κ2) is 23.0. The Morgan fingerprint density at radius 1 is 0.538 bits per heavy atom. The van der Waals surface area contributed by atoms with Crippen molar-refractivity contribution in [1.82, 2.24) is 9.80 Å². The number of hydrogen-bond acceptors (Lipinski definition) is 9. The number of esters is 2. The average molecular weight is 889 g/mol. The Balaban J connectivity index is 0.000000151. The molecule has 65 heavy (non-hydrogen) atoms. The molecule has 4 saturated carbocycles. The summed E-state index contributed by atoms with van der Waals surface area (Å²) in [6.07, 6.45) is 19.8. The van der Waals surface area contributed by atoms with Crippen LogP contribution in [0.2, 0.25) is 0 Å². The Bertz CT molecular complexity index is 2160. The predicted octanol–water partition coefficient (Wildman–Crippen LogP) is 11.2. The zero-order valence-electron chi connectivity index (χ0n) is 39.3. The van der Waals surface area contributed by atoms with Gasteiger partial charge in [0, 0.05) is 13.1 Å². The number of phenolic OH excluding ortho intramolecular Hbond substituents is 1. The van der Waals surface area contributed by atoms with Gasteiger partial charge in [0.05, 0.1) is 37.3 Å². The van der Waals surface area contributed by atoms with Crippen LogP contribution in [0.15, 0.2) is 72.8 Å². The van der Waals surface area contributed by atoms with Gasteiger partial charge >= 0.3 is 11.9 Å². The molecule has 2 aliphatic heterocycles. The molecule has 6 aliphatic rings. The maximum Gasteiger partial charge on any atom is 0.309 e. The van der Waals surface area contributed by atoms with Crippen LogP contribution in [0.4, 0.5) is 0 Å².